The van der Waals surface area contributed by atoms with Gasteiger partial charge in [-0.05, 0) is 42.3 Å². The van der Waals surface area contributed by atoms with Crippen LogP contribution in [0.3, 0.4) is 0 Å². The molecule has 0 spiro atoms. The molecule has 0 radical (unpaired) electrons. The molecule has 0 bridgehead atoms. The van der Waals surface area contributed by atoms with Crippen molar-refractivity contribution in [2.75, 3.05) is 0 Å². The summed E-state index contributed by atoms with van der Waals surface area (Å²) in [7, 11) is -3.60. The number of rotatable bonds is 3. The average Bonchev–Trinajstić information content (AvgIpc) is 2.56. The lowest BCUT2D eigenvalue weighted by molar-refractivity contribution is 0.592. The molecular formula is C18H15NO2S. The average molecular weight is 309 g/mol. The van der Waals surface area contributed by atoms with Gasteiger partial charge in [0.15, 0.2) is 5.03 Å². The largest absolute Gasteiger partial charge is 0.244 e. The monoisotopic (exact) mass is 309 g/mol. The fourth-order valence-electron chi connectivity index (χ4n) is 2.20. The zero-order valence-electron chi connectivity index (χ0n) is 12.1. The van der Waals surface area contributed by atoms with E-state index in [0.717, 1.165) is 16.7 Å². The van der Waals surface area contributed by atoms with Crippen LogP contribution in [0.15, 0.2) is 82.8 Å². The Labute approximate surface area is 130 Å². The van der Waals surface area contributed by atoms with Crippen LogP contribution in [0.25, 0.3) is 11.1 Å². The van der Waals surface area contributed by atoms with E-state index >= 15 is 0 Å². The minimum absolute atomic E-state index is 0.0673. The molecular weight excluding hydrogens is 294 g/mol. The predicted molar refractivity (Wildman–Crippen MR) is 86.3 cm³/mol. The molecule has 1 heterocycles. The summed E-state index contributed by atoms with van der Waals surface area (Å²) in [5.74, 6) is 0. The predicted octanol–water partition coefficient (Wildman–Crippen LogP) is 3.89. The second kappa shape index (κ2) is 5.73. The summed E-state index contributed by atoms with van der Waals surface area (Å²) in [4.78, 5) is 4.31. The molecule has 3 nitrogen and oxygen atoms in total. The van der Waals surface area contributed by atoms with Gasteiger partial charge in [0.25, 0.3) is 0 Å². The molecule has 2 aromatic carbocycles. The molecule has 0 saturated carbocycles. The van der Waals surface area contributed by atoms with E-state index in [2.05, 4.69) is 4.98 Å². The SMILES string of the molecule is Cc1ccc(S(=O)(=O)c2cc(-c3ccccc3)ccn2)cc1. The standard InChI is InChI=1S/C18H15NO2S/c1-14-7-9-17(10-8-14)22(20,21)18-13-16(11-12-19-18)15-5-3-2-4-6-15/h2-13H,1H3. The molecule has 0 unspecified atom stereocenters. The van der Waals surface area contributed by atoms with Gasteiger partial charge < -0.3 is 0 Å². The van der Waals surface area contributed by atoms with Crippen LogP contribution in [0.1, 0.15) is 5.56 Å². The van der Waals surface area contributed by atoms with Gasteiger partial charge >= 0.3 is 0 Å². The van der Waals surface area contributed by atoms with Crippen LogP contribution in [0.5, 0.6) is 0 Å². The molecule has 0 fully saturated rings. The first kappa shape index (κ1) is 14.5. The van der Waals surface area contributed by atoms with Gasteiger partial charge in [-0.25, -0.2) is 13.4 Å². The zero-order valence-corrected chi connectivity index (χ0v) is 12.9. The molecule has 3 aromatic rings. The zero-order chi connectivity index (χ0) is 15.6. The van der Waals surface area contributed by atoms with Crippen molar-refractivity contribution in [1.82, 2.24) is 4.98 Å². The minimum Gasteiger partial charge on any atom is -0.244 e. The van der Waals surface area contributed by atoms with Crippen molar-refractivity contribution in [3.8, 4) is 11.1 Å². The Bertz CT molecular complexity index is 886. The molecule has 0 saturated heterocycles. The summed E-state index contributed by atoms with van der Waals surface area (Å²) in [5.41, 5.74) is 2.82. The second-order valence-electron chi connectivity index (χ2n) is 5.07. The van der Waals surface area contributed by atoms with E-state index < -0.39 is 9.84 Å². The highest BCUT2D eigenvalue weighted by Gasteiger charge is 2.19. The third-order valence-electron chi connectivity index (χ3n) is 3.45. The van der Waals surface area contributed by atoms with Gasteiger partial charge in [-0.2, -0.15) is 0 Å². The Morgan fingerprint density at radius 2 is 1.50 bits per heavy atom. The summed E-state index contributed by atoms with van der Waals surface area (Å²) < 4.78 is 25.3. The number of benzene rings is 2. The Kier molecular flexibility index (Phi) is 3.77. The molecule has 4 heteroatoms. The summed E-state index contributed by atoms with van der Waals surface area (Å²) in [6.45, 7) is 1.92. The van der Waals surface area contributed by atoms with Crippen molar-refractivity contribution in [1.29, 1.82) is 0 Å². The number of pyridine rings is 1. The molecule has 0 amide bonds. The van der Waals surface area contributed by atoms with Gasteiger partial charge in [0.1, 0.15) is 0 Å². The van der Waals surface area contributed by atoms with Crippen molar-refractivity contribution in [2.45, 2.75) is 16.8 Å². The summed E-state index contributed by atoms with van der Waals surface area (Å²) in [6.07, 6.45) is 1.53. The first-order valence-corrected chi connectivity index (χ1v) is 8.39. The number of sulfone groups is 1. The van der Waals surface area contributed by atoms with Gasteiger partial charge in [0, 0.05) is 6.20 Å². The highest BCUT2D eigenvalue weighted by Crippen LogP contribution is 2.24. The van der Waals surface area contributed by atoms with Crippen molar-refractivity contribution in [3.05, 3.63) is 78.5 Å². The molecule has 0 aliphatic heterocycles. The highest BCUT2D eigenvalue weighted by atomic mass is 32.2. The van der Waals surface area contributed by atoms with Gasteiger partial charge in [-0.3, -0.25) is 0 Å². The molecule has 1 aromatic heterocycles. The molecule has 0 aliphatic rings. The Balaban J connectivity index is 2.07. The number of hydrogen-bond acceptors (Lipinski definition) is 3. The normalized spacial score (nSPS) is 11.3. The van der Waals surface area contributed by atoms with Crippen LogP contribution in [0, 0.1) is 6.92 Å². The molecule has 22 heavy (non-hydrogen) atoms. The lowest BCUT2D eigenvalue weighted by Crippen LogP contribution is -2.04. The van der Waals surface area contributed by atoms with Gasteiger partial charge in [-0.1, -0.05) is 48.0 Å². The maximum atomic E-state index is 12.7. The molecule has 0 aliphatic carbocycles. The molecule has 0 atom stereocenters. The number of nitrogens with zero attached hydrogens (tertiary/aromatic N) is 1. The van der Waals surface area contributed by atoms with Crippen LogP contribution in [-0.2, 0) is 9.84 Å². The van der Waals surface area contributed by atoms with E-state index in [1.54, 1.807) is 30.3 Å². The van der Waals surface area contributed by atoms with Crippen molar-refractivity contribution < 1.29 is 8.42 Å². The molecule has 3 rings (SSSR count). The lowest BCUT2D eigenvalue weighted by Gasteiger charge is -2.07. The summed E-state index contributed by atoms with van der Waals surface area (Å²) in [5, 5.41) is 0.0673. The lowest BCUT2D eigenvalue weighted by atomic mass is 10.1. The Morgan fingerprint density at radius 3 is 2.18 bits per heavy atom. The van der Waals surface area contributed by atoms with Crippen LogP contribution in [0.2, 0.25) is 0 Å². The van der Waals surface area contributed by atoms with E-state index in [0.29, 0.717) is 0 Å². The van der Waals surface area contributed by atoms with Crippen molar-refractivity contribution in [2.24, 2.45) is 0 Å². The van der Waals surface area contributed by atoms with Gasteiger partial charge in [0.2, 0.25) is 9.84 Å². The van der Waals surface area contributed by atoms with E-state index in [-0.39, 0.29) is 9.92 Å². The number of aromatic nitrogens is 1. The second-order valence-corrected chi connectivity index (χ2v) is 6.96. The molecule has 110 valence electrons. The minimum atomic E-state index is -3.60. The van der Waals surface area contributed by atoms with E-state index in [1.165, 1.54) is 6.20 Å². The van der Waals surface area contributed by atoms with Crippen molar-refractivity contribution in [3.63, 3.8) is 0 Å². The topological polar surface area (TPSA) is 47.0 Å². The Morgan fingerprint density at radius 1 is 0.818 bits per heavy atom. The van der Waals surface area contributed by atoms with Crippen molar-refractivity contribution >= 4 is 9.84 Å². The van der Waals surface area contributed by atoms with E-state index in [1.807, 2.05) is 43.3 Å². The van der Waals surface area contributed by atoms with E-state index in [4.69, 9.17) is 0 Å². The third kappa shape index (κ3) is 2.78. The third-order valence-corrected chi connectivity index (χ3v) is 5.12. The van der Waals surface area contributed by atoms with Crippen LogP contribution >= 0.6 is 0 Å². The quantitative estimate of drug-likeness (QED) is 0.737. The highest BCUT2D eigenvalue weighted by molar-refractivity contribution is 7.91. The maximum absolute atomic E-state index is 12.7. The van der Waals surface area contributed by atoms with Gasteiger partial charge in [0.05, 0.1) is 4.90 Å². The smallest absolute Gasteiger partial charge is 0.223 e. The van der Waals surface area contributed by atoms with Crippen LogP contribution in [0.4, 0.5) is 0 Å². The van der Waals surface area contributed by atoms with Crippen LogP contribution < -0.4 is 0 Å². The first-order chi connectivity index (χ1) is 10.6. The summed E-state index contributed by atoms with van der Waals surface area (Å²) >= 11 is 0. The van der Waals surface area contributed by atoms with Crippen LogP contribution in [-0.4, -0.2) is 13.4 Å². The first-order valence-electron chi connectivity index (χ1n) is 6.90. The maximum Gasteiger partial charge on any atom is 0.223 e. The summed E-state index contributed by atoms with van der Waals surface area (Å²) in [6, 6.07) is 19.9. The fourth-order valence-corrected chi connectivity index (χ4v) is 3.42. The fraction of sp³-hybridized carbons (Fsp3) is 0.0556. The van der Waals surface area contributed by atoms with Gasteiger partial charge in [-0.15, -0.1) is 0 Å². The molecule has 0 N–H and O–H groups in total. The Hall–Kier alpha value is -2.46. The number of aryl methyl sites for hydroxylation is 1. The van der Waals surface area contributed by atoms with E-state index in [9.17, 15) is 8.42 Å². The number of hydrogen-bond donors (Lipinski definition) is 0.